The van der Waals surface area contributed by atoms with E-state index in [0.29, 0.717) is 17.5 Å². The van der Waals surface area contributed by atoms with Crippen LogP contribution in [0.25, 0.3) is 0 Å². The average Bonchev–Trinajstić information content (AvgIpc) is 2.33. The summed E-state index contributed by atoms with van der Waals surface area (Å²) in [6, 6.07) is 0. The van der Waals surface area contributed by atoms with Crippen LogP contribution in [-0.4, -0.2) is 57.8 Å². The number of aromatic nitrogens is 3. The Bertz CT molecular complexity index is 441. The van der Waals surface area contributed by atoms with Gasteiger partial charge in [0.1, 0.15) is 0 Å². The van der Waals surface area contributed by atoms with Crippen molar-refractivity contribution in [2.75, 3.05) is 37.6 Å². The minimum Gasteiger partial charge on any atom is -0.392 e. The molecule has 1 aromatic heterocycles. The van der Waals surface area contributed by atoms with E-state index in [1.807, 2.05) is 13.8 Å². The zero-order valence-electron chi connectivity index (χ0n) is 10.8. The number of nitrogens with zero attached hydrogens (tertiary/aromatic N) is 5. The van der Waals surface area contributed by atoms with Gasteiger partial charge in [-0.2, -0.15) is 5.10 Å². The first-order valence-corrected chi connectivity index (χ1v) is 6.40. The van der Waals surface area contributed by atoms with Gasteiger partial charge in [0, 0.05) is 32.7 Å². The van der Waals surface area contributed by atoms with Gasteiger partial charge in [-0.25, -0.2) is 4.98 Å². The highest BCUT2D eigenvalue weighted by Crippen LogP contribution is 2.11. The molecule has 6 nitrogen and oxygen atoms in total. The molecule has 0 unspecified atom stereocenters. The maximum atomic E-state index is 5.55. The zero-order chi connectivity index (χ0) is 13.1. The predicted molar refractivity (Wildman–Crippen MR) is 74.7 cm³/mol. The Hall–Kier alpha value is -1.34. The molecular formula is C11H18N6S. The van der Waals surface area contributed by atoms with E-state index in [9.17, 15) is 0 Å². The van der Waals surface area contributed by atoms with E-state index < -0.39 is 0 Å². The molecule has 2 N–H and O–H groups in total. The summed E-state index contributed by atoms with van der Waals surface area (Å²) in [4.78, 5) is 9.41. The molecule has 0 bridgehead atoms. The summed E-state index contributed by atoms with van der Waals surface area (Å²) in [7, 11) is 0. The van der Waals surface area contributed by atoms with Crippen molar-refractivity contribution in [2.24, 2.45) is 5.73 Å². The normalized spacial score (nSPS) is 16.9. The number of hydrogen-bond donors (Lipinski definition) is 1. The number of piperazine rings is 1. The molecule has 0 radical (unpaired) electrons. The molecule has 1 aliphatic rings. The number of rotatable bonds is 3. The van der Waals surface area contributed by atoms with Crippen molar-refractivity contribution in [1.82, 2.24) is 20.1 Å². The summed E-state index contributed by atoms with van der Waals surface area (Å²) in [5.74, 6) is 0.716. The quantitative estimate of drug-likeness (QED) is 0.766. The molecule has 0 aromatic carbocycles. The Kier molecular flexibility index (Phi) is 4.03. The van der Waals surface area contributed by atoms with Crippen LogP contribution in [0, 0.1) is 13.8 Å². The molecule has 1 saturated heterocycles. The van der Waals surface area contributed by atoms with Gasteiger partial charge in [0.25, 0.3) is 0 Å². The van der Waals surface area contributed by atoms with E-state index in [1.54, 1.807) is 0 Å². The second-order valence-corrected chi connectivity index (χ2v) is 5.04. The summed E-state index contributed by atoms with van der Waals surface area (Å²) in [6.45, 7) is 8.17. The smallest absolute Gasteiger partial charge is 0.245 e. The summed E-state index contributed by atoms with van der Waals surface area (Å²) >= 11 is 4.92. The van der Waals surface area contributed by atoms with Crippen molar-refractivity contribution in [3.8, 4) is 0 Å². The first-order chi connectivity index (χ1) is 8.56. The van der Waals surface area contributed by atoms with Crippen LogP contribution in [0.5, 0.6) is 0 Å². The Morgan fingerprint density at radius 3 is 2.39 bits per heavy atom. The minimum absolute atomic E-state index is 0.549. The van der Waals surface area contributed by atoms with Gasteiger partial charge in [0.05, 0.1) is 16.4 Å². The number of nitrogens with two attached hydrogens (primary N) is 1. The highest BCUT2D eigenvalue weighted by molar-refractivity contribution is 7.80. The lowest BCUT2D eigenvalue weighted by molar-refractivity contribution is 0.290. The summed E-state index contributed by atoms with van der Waals surface area (Å²) in [5, 5.41) is 8.26. The van der Waals surface area contributed by atoms with Crippen LogP contribution in [-0.2, 0) is 0 Å². The largest absolute Gasteiger partial charge is 0.392 e. The third-order valence-electron chi connectivity index (χ3n) is 3.12. The molecular weight excluding hydrogens is 248 g/mol. The van der Waals surface area contributed by atoms with Crippen molar-refractivity contribution >= 4 is 23.2 Å². The average molecular weight is 266 g/mol. The molecule has 1 aliphatic heterocycles. The minimum atomic E-state index is 0.549. The molecule has 0 saturated carbocycles. The van der Waals surface area contributed by atoms with E-state index >= 15 is 0 Å². The Morgan fingerprint density at radius 1 is 1.17 bits per heavy atom. The molecule has 7 heteroatoms. The van der Waals surface area contributed by atoms with Gasteiger partial charge in [-0.3, -0.25) is 4.90 Å². The van der Waals surface area contributed by atoms with Crippen LogP contribution >= 0.6 is 12.2 Å². The van der Waals surface area contributed by atoms with E-state index in [-0.39, 0.29) is 0 Å². The monoisotopic (exact) mass is 266 g/mol. The van der Waals surface area contributed by atoms with Gasteiger partial charge in [-0.05, 0) is 13.8 Å². The lowest BCUT2D eigenvalue weighted by Crippen LogP contribution is -2.49. The standard InChI is InChI=1S/C11H18N6S/c1-8-9(2)14-15-11(13-8)17-5-3-16(4-6-17)7-10(12)18/h3-7H2,1-2H3,(H2,12,18). The molecule has 0 spiro atoms. The summed E-state index contributed by atoms with van der Waals surface area (Å²) in [5.41, 5.74) is 7.36. The summed E-state index contributed by atoms with van der Waals surface area (Å²) in [6.07, 6.45) is 0. The maximum absolute atomic E-state index is 5.55. The van der Waals surface area contributed by atoms with Gasteiger partial charge in [0.2, 0.25) is 5.95 Å². The van der Waals surface area contributed by atoms with Crippen LogP contribution in [0.3, 0.4) is 0 Å². The fourth-order valence-electron chi connectivity index (χ4n) is 1.91. The Morgan fingerprint density at radius 2 is 1.83 bits per heavy atom. The lowest BCUT2D eigenvalue weighted by atomic mass is 10.3. The van der Waals surface area contributed by atoms with Crippen molar-refractivity contribution in [3.63, 3.8) is 0 Å². The third-order valence-corrected chi connectivity index (χ3v) is 3.24. The van der Waals surface area contributed by atoms with Crippen LogP contribution in [0.2, 0.25) is 0 Å². The molecule has 1 aromatic rings. The third kappa shape index (κ3) is 3.11. The van der Waals surface area contributed by atoms with Crippen LogP contribution in [0.4, 0.5) is 5.95 Å². The van der Waals surface area contributed by atoms with Crippen molar-refractivity contribution in [2.45, 2.75) is 13.8 Å². The van der Waals surface area contributed by atoms with E-state index in [0.717, 1.165) is 37.6 Å². The predicted octanol–water partition coefficient (Wildman–Crippen LogP) is -0.103. The molecule has 0 atom stereocenters. The maximum Gasteiger partial charge on any atom is 0.245 e. The van der Waals surface area contributed by atoms with Crippen LogP contribution < -0.4 is 10.6 Å². The highest BCUT2D eigenvalue weighted by Gasteiger charge is 2.19. The Balaban J connectivity index is 1.96. The molecule has 98 valence electrons. The van der Waals surface area contributed by atoms with Gasteiger partial charge >= 0.3 is 0 Å². The highest BCUT2D eigenvalue weighted by atomic mass is 32.1. The van der Waals surface area contributed by atoms with Gasteiger partial charge in [-0.1, -0.05) is 12.2 Å². The molecule has 2 rings (SSSR count). The van der Waals surface area contributed by atoms with Crippen molar-refractivity contribution in [1.29, 1.82) is 0 Å². The van der Waals surface area contributed by atoms with Crippen LogP contribution in [0.15, 0.2) is 0 Å². The van der Waals surface area contributed by atoms with E-state index in [1.165, 1.54) is 0 Å². The molecule has 0 amide bonds. The molecule has 1 fully saturated rings. The topological polar surface area (TPSA) is 71.2 Å². The lowest BCUT2D eigenvalue weighted by Gasteiger charge is -2.34. The second kappa shape index (κ2) is 5.53. The number of thiocarbonyl (C=S) groups is 1. The fourth-order valence-corrected chi connectivity index (χ4v) is 2.09. The van der Waals surface area contributed by atoms with Gasteiger partial charge in [0.15, 0.2) is 0 Å². The van der Waals surface area contributed by atoms with Gasteiger partial charge in [-0.15, -0.1) is 5.10 Å². The van der Waals surface area contributed by atoms with Crippen LogP contribution in [0.1, 0.15) is 11.4 Å². The van der Waals surface area contributed by atoms with E-state index in [4.69, 9.17) is 18.0 Å². The number of aryl methyl sites for hydroxylation is 2. The SMILES string of the molecule is Cc1nnc(N2CCN(CC(N)=S)CC2)nc1C. The summed E-state index contributed by atoms with van der Waals surface area (Å²) < 4.78 is 0. The van der Waals surface area contributed by atoms with Crippen molar-refractivity contribution in [3.05, 3.63) is 11.4 Å². The van der Waals surface area contributed by atoms with Crippen molar-refractivity contribution < 1.29 is 0 Å². The first kappa shape index (κ1) is 13.1. The second-order valence-electron chi connectivity index (χ2n) is 4.51. The zero-order valence-corrected chi connectivity index (χ0v) is 11.6. The first-order valence-electron chi connectivity index (χ1n) is 6.00. The molecule has 0 aliphatic carbocycles. The molecule has 18 heavy (non-hydrogen) atoms. The number of anilines is 1. The number of hydrogen-bond acceptors (Lipinski definition) is 6. The fraction of sp³-hybridized carbons (Fsp3) is 0.636. The Labute approximate surface area is 112 Å². The molecule has 2 heterocycles. The van der Waals surface area contributed by atoms with Gasteiger partial charge < -0.3 is 10.6 Å². The van der Waals surface area contributed by atoms with E-state index in [2.05, 4.69) is 25.0 Å².